The molecule has 4 rings (SSSR count). The second-order valence-electron chi connectivity index (χ2n) is 10.4. The molecular formula is C31H36IN3O4S. The summed E-state index contributed by atoms with van der Waals surface area (Å²) >= 11 is 2.15. The van der Waals surface area contributed by atoms with Gasteiger partial charge in [-0.25, -0.2) is 8.42 Å². The van der Waals surface area contributed by atoms with Gasteiger partial charge in [-0.2, -0.15) is 0 Å². The normalized spacial score (nSPS) is 14.5. The van der Waals surface area contributed by atoms with E-state index in [0.29, 0.717) is 12.1 Å². The summed E-state index contributed by atoms with van der Waals surface area (Å²) in [6.07, 6.45) is 5.39. The van der Waals surface area contributed by atoms with Crippen molar-refractivity contribution in [2.45, 2.75) is 57.7 Å². The Hall–Kier alpha value is -2.92. The van der Waals surface area contributed by atoms with Crippen LogP contribution in [0.3, 0.4) is 0 Å². The topological polar surface area (TPSA) is 86.8 Å². The monoisotopic (exact) mass is 673 g/mol. The maximum absolute atomic E-state index is 14.1. The van der Waals surface area contributed by atoms with Gasteiger partial charge < -0.3 is 10.2 Å². The molecule has 0 bridgehead atoms. The lowest BCUT2D eigenvalue weighted by Gasteiger charge is -2.34. The summed E-state index contributed by atoms with van der Waals surface area (Å²) in [5.41, 5.74) is 3.28. The van der Waals surface area contributed by atoms with Crippen molar-refractivity contribution in [1.82, 2.24) is 10.2 Å². The van der Waals surface area contributed by atoms with Gasteiger partial charge in [-0.3, -0.25) is 13.9 Å². The number of aryl methyl sites for hydroxylation is 1. The Labute approximate surface area is 251 Å². The molecule has 0 heterocycles. The van der Waals surface area contributed by atoms with Gasteiger partial charge in [-0.05, 0) is 77.7 Å². The van der Waals surface area contributed by atoms with Crippen LogP contribution in [0, 0.1) is 10.5 Å². The van der Waals surface area contributed by atoms with Gasteiger partial charge in [0.2, 0.25) is 21.8 Å². The Morgan fingerprint density at radius 1 is 0.925 bits per heavy atom. The molecule has 0 radical (unpaired) electrons. The number of benzene rings is 3. The highest BCUT2D eigenvalue weighted by Crippen LogP contribution is 2.23. The molecule has 0 spiro atoms. The third-order valence-electron chi connectivity index (χ3n) is 7.24. The minimum atomic E-state index is -3.78. The van der Waals surface area contributed by atoms with E-state index in [1.54, 1.807) is 29.2 Å². The van der Waals surface area contributed by atoms with Crippen LogP contribution in [0.5, 0.6) is 0 Å². The lowest BCUT2D eigenvalue weighted by molar-refractivity contribution is -0.140. The number of amides is 2. The fourth-order valence-corrected chi connectivity index (χ4v) is 6.24. The lowest BCUT2D eigenvalue weighted by atomic mass is 10.0. The highest BCUT2D eigenvalue weighted by atomic mass is 127. The highest BCUT2D eigenvalue weighted by Gasteiger charge is 2.34. The van der Waals surface area contributed by atoms with Crippen LogP contribution in [0.2, 0.25) is 0 Å². The van der Waals surface area contributed by atoms with Gasteiger partial charge in [0.05, 0.1) is 11.9 Å². The first-order valence-electron chi connectivity index (χ1n) is 13.5. The maximum atomic E-state index is 14.1. The van der Waals surface area contributed by atoms with Gasteiger partial charge in [-0.1, -0.05) is 73.0 Å². The van der Waals surface area contributed by atoms with Crippen LogP contribution in [0.25, 0.3) is 0 Å². The maximum Gasteiger partial charge on any atom is 0.244 e. The number of carbonyl (C=O) groups is 2. The van der Waals surface area contributed by atoms with E-state index < -0.39 is 28.5 Å². The fourth-order valence-electron chi connectivity index (χ4n) is 5.03. The summed E-state index contributed by atoms with van der Waals surface area (Å²) < 4.78 is 27.8. The summed E-state index contributed by atoms with van der Waals surface area (Å²) in [6.45, 7) is 1.76. The zero-order valence-electron chi connectivity index (χ0n) is 22.9. The van der Waals surface area contributed by atoms with Crippen molar-refractivity contribution in [3.05, 3.63) is 99.1 Å². The number of anilines is 1. The van der Waals surface area contributed by atoms with Crippen molar-refractivity contribution >= 4 is 50.1 Å². The second kappa shape index (κ2) is 13.6. The van der Waals surface area contributed by atoms with Gasteiger partial charge in [0.15, 0.2) is 0 Å². The molecule has 9 heteroatoms. The molecule has 3 aromatic rings. The quantitative estimate of drug-likeness (QED) is 0.289. The van der Waals surface area contributed by atoms with Crippen molar-refractivity contribution in [2.24, 2.45) is 0 Å². The minimum absolute atomic E-state index is 0.0846. The smallest absolute Gasteiger partial charge is 0.244 e. The molecule has 1 atom stereocenters. The molecule has 1 saturated carbocycles. The SMILES string of the molecule is Cc1ccc(CN(C(=O)CN(c2ccc(I)cc2)S(C)(=O)=O)[C@@H](Cc2ccccc2)C(=O)NC2CCCC2)cc1. The Balaban J connectivity index is 1.71. The predicted molar refractivity (Wildman–Crippen MR) is 167 cm³/mol. The Morgan fingerprint density at radius 3 is 2.15 bits per heavy atom. The van der Waals surface area contributed by atoms with Crippen molar-refractivity contribution in [3.63, 3.8) is 0 Å². The molecule has 212 valence electrons. The van der Waals surface area contributed by atoms with Gasteiger partial charge in [-0.15, -0.1) is 0 Å². The van der Waals surface area contributed by atoms with Crippen LogP contribution in [0.4, 0.5) is 5.69 Å². The van der Waals surface area contributed by atoms with E-state index in [0.717, 1.165) is 56.5 Å². The van der Waals surface area contributed by atoms with E-state index in [1.165, 1.54) is 0 Å². The van der Waals surface area contributed by atoms with Gasteiger partial charge in [0.1, 0.15) is 12.6 Å². The number of sulfonamides is 1. The molecule has 0 unspecified atom stereocenters. The third-order valence-corrected chi connectivity index (χ3v) is 9.10. The fraction of sp³-hybridized carbons (Fsp3) is 0.355. The van der Waals surface area contributed by atoms with Crippen LogP contribution in [-0.4, -0.2) is 50.0 Å². The molecule has 2 amide bonds. The van der Waals surface area contributed by atoms with Crippen molar-refractivity contribution in [1.29, 1.82) is 0 Å². The Bertz CT molecular complexity index is 1390. The first-order chi connectivity index (χ1) is 19.1. The number of carbonyl (C=O) groups excluding carboxylic acids is 2. The van der Waals surface area contributed by atoms with Gasteiger partial charge in [0.25, 0.3) is 0 Å². The summed E-state index contributed by atoms with van der Waals surface area (Å²) in [5.74, 6) is -0.650. The molecule has 3 aromatic carbocycles. The van der Waals surface area contributed by atoms with Crippen molar-refractivity contribution in [3.8, 4) is 0 Å². The number of rotatable bonds is 11. The minimum Gasteiger partial charge on any atom is -0.352 e. The Kier molecular flexibility index (Phi) is 10.2. The molecule has 0 aliphatic heterocycles. The summed E-state index contributed by atoms with van der Waals surface area (Å²) in [6, 6.07) is 23.7. The van der Waals surface area contributed by atoms with E-state index in [4.69, 9.17) is 0 Å². The van der Waals surface area contributed by atoms with E-state index in [9.17, 15) is 18.0 Å². The summed E-state index contributed by atoms with van der Waals surface area (Å²) in [5, 5.41) is 3.19. The zero-order chi connectivity index (χ0) is 28.7. The van der Waals surface area contributed by atoms with E-state index in [-0.39, 0.29) is 18.5 Å². The highest BCUT2D eigenvalue weighted by molar-refractivity contribution is 14.1. The number of hydrogen-bond donors (Lipinski definition) is 1. The molecule has 1 aliphatic carbocycles. The first kappa shape index (κ1) is 30.0. The number of nitrogens with zero attached hydrogens (tertiary/aromatic N) is 2. The molecule has 0 aromatic heterocycles. The predicted octanol–water partition coefficient (Wildman–Crippen LogP) is 5.06. The first-order valence-corrected chi connectivity index (χ1v) is 16.5. The summed E-state index contributed by atoms with van der Waals surface area (Å²) in [7, 11) is -3.78. The molecule has 1 aliphatic rings. The Morgan fingerprint density at radius 2 is 1.55 bits per heavy atom. The molecule has 40 heavy (non-hydrogen) atoms. The van der Waals surface area contributed by atoms with Crippen LogP contribution in [-0.2, 0) is 32.6 Å². The molecule has 7 nitrogen and oxygen atoms in total. The third kappa shape index (κ3) is 8.30. The van der Waals surface area contributed by atoms with Crippen molar-refractivity contribution < 1.29 is 18.0 Å². The number of nitrogens with one attached hydrogen (secondary N) is 1. The van der Waals surface area contributed by atoms with Gasteiger partial charge in [0, 0.05) is 22.6 Å². The lowest BCUT2D eigenvalue weighted by Crippen LogP contribution is -2.54. The van der Waals surface area contributed by atoms with E-state index in [1.807, 2.05) is 61.5 Å². The molecular weight excluding hydrogens is 637 g/mol. The standard InChI is InChI=1S/C31H36IN3O4S/c1-23-12-14-25(15-13-23)21-34(30(36)22-35(40(2,38)39)28-18-16-26(32)17-19-28)29(20-24-8-4-3-5-9-24)31(37)33-27-10-6-7-11-27/h3-5,8-9,12-19,27,29H,6-7,10-11,20-22H2,1-2H3,(H,33,37)/t29-/m0/s1. The van der Waals surface area contributed by atoms with Crippen molar-refractivity contribution in [2.75, 3.05) is 17.1 Å². The largest absolute Gasteiger partial charge is 0.352 e. The molecule has 0 saturated heterocycles. The van der Waals surface area contributed by atoms with Crippen LogP contribution in [0.1, 0.15) is 42.4 Å². The number of hydrogen-bond acceptors (Lipinski definition) is 4. The molecule has 1 N–H and O–H groups in total. The average molecular weight is 674 g/mol. The van der Waals surface area contributed by atoms with Gasteiger partial charge >= 0.3 is 0 Å². The molecule has 1 fully saturated rings. The number of halogens is 1. The van der Waals surface area contributed by atoms with E-state index in [2.05, 4.69) is 27.9 Å². The summed E-state index contributed by atoms with van der Waals surface area (Å²) in [4.78, 5) is 29.5. The zero-order valence-corrected chi connectivity index (χ0v) is 25.9. The average Bonchev–Trinajstić information content (AvgIpc) is 3.44. The second-order valence-corrected chi connectivity index (χ2v) is 13.6. The van der Waals surface area contributed by atoms with Crippen LogP contribution < -0.4 is 9.62 Å². The van der Waals surface area contributed by atoms with E-state index >= 15 is 0 Å². The van der Waals surface area contributed by atoms with Crippen LogP contribution in [0.15, 0.2) is 78.9 Å². The van der Waals surface area contributed by atoms with Crippen LogP contribution >= 0.6 is 22.6 Å².